The van der Waals surface area contributed by atoms with Crippen molar-refractivity contribution in [2.24, 2.45) is 0 Å². The molecule has 0 radical (unpaired) electrons. The van der Waals surface area contributed by atoms with Gasteiger partial charge in [0.15, 0.2) is 8.32 Å². The van der Waals surface area contributed by atoms with Crippen LogP contribution in [0.4, 0.5) is 0 Å². The first kappa shape index (κ1) is 29.2. The molecule has 0 bridgehead atoms. The molecule has 0 amide bonds. The summed E-state index contributed by atoms with van der Waals surface area (Å²) in [6.45, 7) is 6.25. The molecule has 13 heavy (non-hydrogen) atoms. The first-order valence-electron chi connectivity index (χ1n) is 3.85. The van der Waals surface area contributed by atoms with E-state index in [-0.39, 0.29) is 32.7 Å². The molecular formula is C7H24O4SiTi. The molecule has 0 aliphatic rings. The van der Waals surface area contributed by atoms with E-state index in [1.165, 1.54) is 0 Å². The summed E-state index contributed by atoms with van der Waals surface area (Å²) in [5.74, 6) is 0. The number of aliphatic hydroxyl groups is 1. The molecule has 0 rings (SSSR count). The predicted molar refractivity (Wildman–Crippen MR) is 54.8 cm³/mol. The second kappa shape index (κ2) is 18.5. The van der Waals surface area contributed by atoms with Crippen molar-refractivity contribution in [1.82, 2.24) is 0 Å². The van der Waals surface area contributed by atoms with Gasteiger partial charge >= 0.3 is 0 Å². The molecule has 0 unspecified atom stereocenters. The van der Waals surface area contributed by atoms with Gasteiger partial charge in [0, 0.05) is 28.8 Å². The molecule has 0 fully saturated rings. The molecule has 0 saturated heterocycles. The Balaban J connectivity index is -0.0000000398. The molecular weight excluding hydrogens is 224 g/mol. The second-order valence-corrected chi connectivity index (χ2v) is 6.86. The largest absolute Gasteiger partial charge is 0.432 e. The molecule has 6 N–H and O–H groups in total. The average molecular weight is 248 g/mol. The van der Waals surface area contributed by atoms with Crippen molar-refractivity contribution in [3.8, 4) is 0 Å². The molecule has 0 aliphatic heterocycles. The maximum absolute atomic E-state index is 9.58. The van der Waals surface area contributed by atoms with Gasteiger partial charge in [-0.15, -0.1) is 0 Å². The fourth-order valence-electron chi connectivity index (χ4n) is 0.750. The molecule has 6 heteroatoms. The molecule has 0 aromatic rings. The zero-order valence-corrected chi connectivity index (χ0v) is 11.6. The maximum atomic E-state index is 9.58. The third-order valence-electron chi connectivity index (χ3n) is 1.97. The summed E-state index contributed by atoms with van der Waals surface area (Å²) in [7, 11) is -0.671. The quantitative estimate of drug-likeness (QED) is 0.683. The Morgan fingerprint density at radius 3 is 1.00 bits per heavy atom. The van der Waals surface area contributed by atoms with Gasteiger partial charge in [0.05, 0.1) is 0 Å². The Bertz CT molecular complexity index is 63.2. The van der Waals surface area contributed by atoms with Crippen molar-refractivity contribution in [3.63, 3.8) is 0 Å². The minimum Gasteiger partial charge on any atom is -0.432 e. The van der Waals surface area contributed by atoms with Gasteiger partial charge in [0.2, 0.25) is 0 Å². The van der Waals surface area contributed by atoms with E-state index >= 15 is 0 Å². The summed E-state index contributed by atoms with van der Waals surface area (Å²) in [4.78, 5) is 9.58. The summed E-state index contributed by atoms with van der Waals surface area (Å²) in [5, 5.41) is 7.00. The molecule has 0 saturated carbocycles. The van der Waals surface area contributed by atoms with Crippen LogP contribution in [0.2, 0.25) is 18.1 Å². The van der Waals surface area contributed by atoms with Crippen LogP contribution in [0.25, 0.3) is 0 Å². The Morgan fingerprint density at radius 1 is 0.846 bits per heavy atom. The molecule has 0 aromatic carbocycles. The monoisotopic (exact) mass is 248 g/mol. The van der Waals surface area contributed by atoms with E-state index in [4.69, 9.17) is 5.11 Å². The van der Waals surface area contributed by atoms with Crippen LogP contribution >= 0.6 is 0 Å². The van der Waals surface area contributed by atoms with Crippen LogP contribution in [0.15, 0.2) is 0 Å². The van der Waals surface area contributed by atoms with Crippen LogP contribution in [0.1, 0.15) is 20.8 Å². The van der Waals surface area contributed by atoms with E-state index in [0.717, 1.165) is 25.2 Å². The normalized spacial score (nSPS) is 7.85. The summed E-state index contributed by atoms with van der Waals surface area (Å²) >= 11 is 0. The summed E-state index contributed by atoms with van der Waals surface area (Å²) in [5.41, 5.74) is 0. The topological polar surface area (TPSA) is 103 Å². The summed E-state index contributed by atoms with van der Waals surface area (Å²) in [6, 6.07) is 3.04. The van der Waals surface area contributed by atoms with E-state index in [1.54, 1.807) is 0 Å². The van der Waals surface area contributed by atoms with Gasteiger partial charge in [-0.25, -0.2) is 0 Å². The third-order valence-corrected chi connectivity index (χ3v) is 5.92. The SMILES string of the molecule is CC[Si](O)(CC)CC.CO.O.O.[Ti]. The average Bonchev–Trinajstić information content (AvgIpc) is 2.07. The third kappa shape index (κ3) is 15.5. The Morgan fingerprint density at radius 2 is 1.00 bits per heavy atom. The van der Waals surface area contributed by atoms with Crippen LogP contribution in [0, 0.1) is 0 Å². The van der Waals surface area contributed by atoms with Crippen molar-refractivity contribution in [1.29, 1.82) is 0 Å². The van der Waals surface area contributed by atoms with E-state index in [1.807, 2.05) is 0 Å². The van der Waals surface area contributed by atoms with Crippen molar-refractivity contribution < 1.29 is 42.6 Å². The minimum absolute atomic E-state index is 0. The van der Waals surface area contributed by atoms with E-state index in [2.05, 4.69) is 20.8 Å². The van der Waals surface area contributed by atoms with E-state index in [9.17, 15) is 4.80 Å². The molecule has 4 nitrogen and oxygen atoms in total. The van der Waals surface area contributed by atoms with Gasteiger partial charge < -0.3 is 20.9 Å². The van der Waals surface area contributed by atoms with Gasteiger partial charge in [0.25, 0.3) is 0 Å². The second-order valence-electron chi connectivity index (χ2n) is 2.29. The number of hydrogen-bond donors (Lipinski definition) is 2. The molecule has 0 aromatic heterocycles. The Labute approximate surface area is 97.0 Å². The maximum Gasteiger partial charge on any atom is 0.187 e. The zero-order valence-electron chi connectivity index (χ0n) is 9.02. The number of hydrogen-bond acceptors (Lipinski definition) is 2. The van der Waals surface area contributed by atoms with E-state index in [0.29, 0.717) is 0 Å². The first-order valence-corrected chi connectivity index (χ1v) is 6.42. The van der Waals surface area contributed by atoms with E-state index < -0.39 is 8.32 Å². The molecule has 0 atom stereocenters. The number of aliphatic hydroxyl groups excluding tert-OH is 1. The molecule has 0 aliphatic carbocycles. The Hall–Kier alpha value is 0.771. The van der Waals surface area contributed by atoms with Crippen LogP contribution in [-0.2, 0) is 21.7 Å². The van der Waals surface area contributed by atoms with Crippen LogP contribution in [0.5, 0.6) is 0 Å². The standard InChI is InChI=1S/C6H16OSi.CH4O.2H2O.Ti/c1-4-8(7,5-2)6-3;1-2;;;/h7H,4-6H2,1-3H3;2H,1H3;2*1H2;. The fraction of sp³-hybridized carbons (Fsp3) is 1.00. The first-order chi connectivity index (χ1) is 4.68. The van der Waals surface area contributed by atoms with Crippen LogP contribution < -0.4 is 0 Å². The molecule has 84 valence electrons. The zero-order chi connectivity index (χ0) is 8.62. The van der Waals surface area contributed by atoms with Crippen LogP contribution in [-0.4, -0.2) is 36.3 Å². The summed E-state index contributed by atoms with van der Waals surface area (Å²) in [6.07, 6.45) is 0. The van der Waals surface area contributed by atoms with Crippen LogP contribution in [0.3, 0.4) is 0 Å². The molecule has 0 heterocycles. The van der Waals surface area contributed by atoms with Gasteiger partial charge in [0.1, 0.15) is 0 Å². The van der Waals surface area contributed by atoms with Gasteiger partial charge in [-0.3, -0.25) is 0 Å². The van der Waals surface area contributed by atoms with Crippen molar-refractivity contribution in [2.75, 3.05) is 7.11 Å². The fourth-order valence-corrected chi connectivity index (χ4v) is 2.25. The molecule has 0 spiro atoms. The van der Waals surface area contributed by atoms with Gasteiger partial charge in [-0.2, -0.15) is 0 Å². The Kier molecular flexibility index (Phi) is 41.6. The van der Waals surface area contributed by atoms with Crippen molar-refractivity contribution >= 4 is 8.32 Å². The minimum atomic E-state index is -1.67. The van der Waals surface area contributed by atoms with Gasteiger partial charge in [-0.1, -0.05) is 20.8 Å². The van der Waals surface area contributed by atoms with Crippen molar-refractivity contribution in [3.05, 3.63) is 0 Å². The predicted octanol–water partition coefficient (Wildman–Crippen LogP) is -0.0595. The summed E-state index contributed by atoms with van der Waals surface area (Å²) < 4.78 is 0. The van der Waals surface area contributed by atoms with Gasteiger partial charge in [-0.05, 0) is 18.1 Å². The van der Waals surface area contributed by atoms with Crippen molar-refractivity contribution in [2.45, 2.75) is 38.9 Å². The smallest absolute Gasteiger partial charge is 0.187 e. The number of rotatable bonds is 3.